The van der Waals surface area contributed by atoms with Gasteiger partial charge >= 0.3 is 6.09 Å². The number of carbonyl (C=O) groups excluding carboxylic acids is 1. The first kappa shape index (κ1) is 14.0. The van der Waals surface area contributed by atoms with Gasteiger partial charge in [0.2, 0.25) is 0 Å². The van der Waals surface area contributed by atoms with Crippen LogP contribution >= 0.6 is 0 Å². The summed E-state index contributed by atoms with van der Waals surface area (Å²) in [5.41, 5.74) is -0.0939. The number of aromatic nitrogens is 3. The molecule has 1 amide bonds. The number of hydrogen-bond acceptors (Lipinski definition) is 7. The largest absolute Gasteiger partial charge is 0.444 e. The predicted molar refractivity (Wildman–Crippen MR) is 67.6 cm³/mol. The fraction of sp³-hybridized carbons (Fsp3) is 0.500. The number of hydrogen-bond donors (Lipinski definition) is 1. The minimum Gasteiger partial charge on any atom is -0.444 e. The third kappa shape index (κ3) is 3.81. The molecule has 2 heterocycles. The lowest BCUT2D eigenvalue weighted by molar-refractivity contribution is 0.0522. The predicted octanol–water partition coefficient (Wildman–Crippen LogP) is 2.06. The maximum absolute atomic E-state index is 11.5. The summed E-state index contributed by atoms with van der Waals surface area (Å²) in [5.74, 6) is 1.21. The average molecular weight is 280 g/mol. The Morgan fingerprint density at radius 3 is 2.70 bits per heavy atom. The fourth-order valence-corrected chi connectivity index (χ4v) is 1.36. The normalized spacial score (nSPS) is 11.4. The number of aryl methyl sites for hydroxylation is 1. The first-order valence-electron chi connectivity index (χ1n) is 6.06. The van der Waals surface area contributed by atoms with Gasteiger partial charge < -0.3 is 19.1 Å². The molecular weight excluding hydrogens is 264 g/mol. The van der Waals surface area contributed by atoms with Gasteiger partial charge in [-0.2, -0.15) is 4.98 Å². The van der Waals surface area contributed by atoms with Crippen molar-refractivity contribution in [3.63, 3.8) is 0 Å². The van der Waals surface area contributed by atoms with Crippen LogP contribution in [0, 0.1) is 6.92 Å². The molecule has 0 aliphatic rings. The van der Waals surface area contributed by atoms with Crippen molar-refractivity contribution in [2.45, 2.75) is 39.8 Å². The van der Waals surface area contributed by atoms with E-state index in [4.69, 9.17) is 13.8 Å². The highest BCUT2D eigenvalue weighted by Crippen LogP contribution is 2.16. The molecule has 0 saturated heterocycles. The Labute approximate surface area is 115 Å². The maximum atomic E-state index is 11.5. The van der Waals surface area contributed by atoms with Gasteiger partial charge in [0.25, 0.3) is 5.89 Å². The lowest BCUT2D eigenvalue weighted by Crippen LogP contribution is -2.32. The standard InChI is InChI=1S/C12H16N4O4/c1-7-5-8(15-19-7)10-14-9(16-20-10)6-13-11(17)18-12(2,3)4/h5H,6H2,1-4H3,(H,13,17). The van der Waals surface area contributed by atoms with Crippen molar-refractivity contribution < 1.29 is 18.6 Å². The van der Waals surface area contributed by atoms with E-state index in [-0.39, 0.29) is 12.4 Å². The van der Waals surface area contributed by atoms with Crippen molar-refractivity contribution in [1.82, 2.24) is 20.6 Å². The van der Waals surface area contributed by atoms with Crippen LogP contribution in [-0.2, 0) is 11.3 Å². The van der Waals surface area contributed by atoms with Crippen molar-refractivity contribution in [2.75, 3.05) is 0 Å². The summed E-state index contributed by atoms with van der Waals surface area (Å²) >= 11 is 0. The van der Waals surface area contributed by atoms with E-state index in [2.05, 4.69) is 20.6 Å². The van der Waals surface area contributed by atoms with Crippen LogP contribution in [0.5, 0.6) is 0 Å². The van der Waals surface area contributed by atoms with Crippen molar-refractivity contribution in [3.05, 3.63) is 17.7 Å². The number of ether oxygens (including phenoxy) is 1. The third-order valence-corrected chi connectivity index (χ3v) is 2.10. The zero-order valence-corrected chi connectivity index (χ0v) is 11.8. The maximum Gasteiger partial charge on any atom is 0.408 e. The van der Waals surface area contributed by atoms with Gasteiger partial charge in [0.05, 0.1) is 6.54 Å². The smallest absolute Gasteiger partial charge is 0.408 e. The molecule has 1 N–H and O–H groups in total. The van der Waals surface area contributed by atoms with Gasteiger partial charge in [-0.25, -0.2) is 4.79 Å². The van der Waals surface area contributed by atoms with E-state index >= 15 is 0 Å². The van der Waals surface area contributed by atoms with E-state index in [1.165, 1.54) is 0 Å². The molecule has 2 rings (SSSR count). The van der Waals surface area contributed by atoms with E-state index < -0.39 is 11.7 Å². The Morgan fingerprint density at radius 1 is 1.35 bits per heavy atom. The van der Waals surface area contributed by atoms with Crippen molar-refractivity contribution >= 4 is 6.09 Å². The Kier molecular flexibility index (Phi) is 3.73. The van der Waals surface area contributed by atoms with Crippen LogP contribution in [0.1, 0.15) is 32.4 Å². The summed E-state index contributed by atoms with van der Waals surface area (Å²) < 4.78 is 15.0. The van der Waals surface area contributed by atoms with Crippen LogP contribution in [0.25, 0.3) is 11.6 Å². The fourth-order valence-electron chi connectivity index (χ4n) is 1.36. The molecule has 0 bridgehead atoms. The zero-order valence-electron chi connectivity index (χ0n) is 11.8. The van der Waals surface area contributed by atoms with Crippen LogP contribution in [0.4, 0.5) is 4.79 Å². The lowest BCUT2D eigenvalue weighted by atomic mass is 10.2. The monoisotopic (exact) mass is 280 g/mol. The Morgan fingerprint density at radius 2 is 2.10 bits per heavy atom. The van der Waals surface area contributed by atoms with Crippen molar-refractivity contribution in [1.29, 1.82) is 0 Å². The van der Waals surface area contributed by atoms with E-state index in [1.807, 2.05) is 0 Å². The molecule has 0 aliphatic heterocycles. The number of nitrogens with one attached hydrogen (secondary N) is 1. The highest BCUT2D eigenvalue weighted by Gasteiger charge is 2.17. The van der Waals surface area contributed by atoms with Gasteiger partial charge in [0.1, 0.15) is 11.4 Å². The number of nitrogens with zero attached hydrogens (tertiary/aromatic N) is 3. The van der Waals surface area contributed by atoms with Crippen molar-refractivity contribution in [2.24, 2.45) is 0 Å². The first-order chi connectivity index (χ1) is 9.33. The SMILES string of the molecule is Cc1cc(-c2nc(CNC(=O)OC(C)(C)C)no2)no1. The summed E-state index contributed by atoms with van der Waals surface area (Å²) in [6.45, 7) is 7.22. The molecule has 8 nitrogen and oxygen atoms in total. The average Bonchev–Trinajstić information content (AvgIpc) is 2.92. The van der Waals surface area contributed by atoms with Crippen LogP contribution in [0.15, 0.2) is 15.1 Å². The lowest BCUT2D eigenvalue weighted by Gasteiger charge is -2.19. The molecule has 0 aliphatic carbocycles. The van der Waals surface area contributed by atoms with Crippen LogP contribution in [0.2, 0.25) is 0 Å². The summed E-state index contributed by atoms with van der Waals surface area (Å²) in [5, 5.41) is 10.0. The van der Waals surface area contributed by atoms with Gasteiger partial charge in [-0.3, -0.25) is 0 Å². The molecule has 8 heteroatoms. The van der Waals surface area contributed by atoms with E-state index in [0.29, 0.717) is 17.3 Å². The molecule has 0 aromatic carbocycles. The number of carbonyl (C=O) groups is 1. The van der Waals surface area contributed by atoms with Gasteiger partial charge in [-0.1, -0.05) is 10.3 Å². The first-order valence-corrected chi connectivity index (χ1v) is 6.06. The summed E-state index contributed by atoms with van der Waals surface area (Å²) in [6, 6.07) is 1.68. The molecule has 2 aromatic rings. The molecule has 0 fully saturated rings. The van der Waals surface area contributed by atoms with Crippen molar-refractivity contribution in [3.8, 4) is 11.6 Å². The van der Waals surface area contributed by atoms with Gasteiger partial charge in [0.15, 0.2) is 11.5 Å². The number of rotatable bonds is 3. The molecule has 0 radical (unpaired) electrons. The zero-order chi connectivity index (χ0) is 14.8. The second-order valence-electron chi connectivity index (χ2n) is 5.19. The van der Waals surface area contributed by atoms with Crippen LogP contribution in [0.3, 0.4) is 0 Å². The molecule has 2 aromatic heterocycles. The number of alkyl carbamates (subject to hydrolysis) is 1. The molecule has 0 spiro atoms. The summed E-state index contributed by atoms with van der Waals surface area (Å²) in [7, 11) is 0. The molecule has 108 valence electrons. The molecule has 0 atom stereocenters. The second kappa shape index (κ2) is 5.32. The van der Waals surface area contributed by atoms with E-state index in [9.17, 15) is 4.79 Å². The Hall–Kier alpha value is -2.38. The second-order valence-corrected chi connectivity index (χ2v) is 5.19. The highest BCUT2D eigenvalue weighted by atomic mass is 16.6. The quantitative estimate of drug-likeness (QED) is 0.917. The van der Waals surface area contributed by atoms with Crippen LogP contribution < -0.4 is 5.32 Å². The molecule has 20 heavy (non-hydrogen) atoms. The van der Waals surface area contributed by atoms with E-state index in [1.54, 1.807) is 33.8 Å². The molecular formula is C12H16N4O4. The van der Waals surface area contributed by atoms with E-state index in [0.717, 1.165) is 0 Å². The topological polar surface area (TPSA) is 103 Å². The third-order valence-electron chi connectivity index (χ3n) is 2.10. The van der Waals surface area contributed by atoms with Crippen LogP contribution in [-0.4, -0.2) is 27.0 Å². The highest BCUT2D eigenvalue weighted by molar-refractivity contribution is 5.67. The van der Waals surface area contributed by atoms with Gasteiger partial charge in [-0.05, 0) is 27.7 Å². The Balaban J connectivity index is 1.92. The summed E-state index contributed by atoms with van der Waals surface area (Å²) in [6.07, 6.45) is -0.541. The Bertz CT molecular complexity index is 597. The summed E-state index contributed by atoms with van der Waals surface area (Å²) in [4.78, 5) is 15.6. The minimum atomic E-state index is -0.551. The minimum absolute atomic E-state index is 0.106. The van der Waals surface area contributed by atoms with Gasteiger partial charge in [0, 0.05) is 6.07 Å². The molecule has 0 saturated carbocycles. The molecule has 0 unspecified atom stereocenters. The van der Waals surface area contributed by atoms with Gasteiger partial charge in [-0.15, -0.1) is 0 Å². The number of amides is 1.